The molecule has 0 aromatic carbocycles. The van der Waals surface area contributed by atoms with Crippen LogP contribution < -0.4 is 11.1 Å². The Kier molecular flexibility index (Phi) is 3.75. The first-order valence-electron chi connectivity index (χ1n) is 6.23. The van der Waals surface area contributed by atoms with Crippen LogP contribution in [0.2, 0.25) is 0 Å². The zero-order chi connectivity index (χ0) is 14.9. The molecule has 20 heavy (non-hydrogen) atoms. The molecule has 0 fully saturated rings. The third kappa shape index (κ3) is 2.25. The van der Waals surface area contributed by atoms with Crippen LogP contribution in [0.3, 0.4) is 0 Å². The first-order valence-corrected chi connectivity index (χ1v) is 6.23. The van der Waals surface area contributed by atoms with Crippen molar-refractivity contribution in [1.82, 2.24) is 19.7 Å². The van der Waals surface area contributed by atoms with Gasteiger partial charge < -0.3 is 10.2 Å². The Morgan fingerprint density at radius 3 is 2.55 bits per heavy atom. The van der Waals surface area contributed by atoms with Gasteiger partial charge in [0.15, 0.2) is 0 Å². The van der Waals surface area contributed by atoms with Crippen LogP contribution in [0.4, 0.5) is 0 Å². The molecular weight excluding hydrogens is 264 g/mol. The van der Waals surface area contributed by atoms with E-state index in [1.165, 1.54) is 0 Å². The number of aryl methyl sites for hydroxylation is 1. The van der Waals surface area contributed by atoms with E-state index in [2.05, 4.69) is 15.1 Å². The molecule has 2 aromatic heterocycles. The van der Waals surface area contributed by atoms with Gasteiger partial charge in [0, 0.05) is 24.3 Å². The van der Waals surface area contributed by atoms with Gasteiger partial charge in [-0.1, -0.05) is 6.92 Å². The van der Waals surface area contributed by atoms with E-state index in [9.17, 15) is 14.7 Å². The van der Waals surface area contributed by atoms with Gasteiger partial charge in [0.2, 0.25) is 11.8 Å². The number of aliphatic hydroxyl groups excluding tert-OH is 1. The Balaban J connectivity index is 2.61. The molecule has 0 spiro atoms. The molecular formula is C12H16N4O4. The second-order valence-electron chi connectivity index (χ2n) is 4.37. The molecule has 0 amide bonds. The third-order valence-electron chi connectivity index (χ3n) is 3.10. The predicted molar refractivity (Wildman–Crippen MR) is 71.4 cm³/mol. The largest absolute Gasteiger partial charge is 0.493 e. The maximum atomic E-state index is 12.1. The van der Waals surface area contributed by atoms with Crippen molar-refractivity contribution in [3.05, 3.63) is 37.5 Å². The van der Waals surface area contributed by atoms with E-state index in [4.69, 9.17) is 5.11 Å². The third-order valence-corrected chi connectivity index (χ3v) is 3.10. The summed E-state index contributed by atoms with van der Waals surface area (Å²) < 4.78 is 1.04. The van der Waals surface area contributed by atoms with E-state index in [1.54, 1.807) is 13.8 Å². The molecule has 0 saturated carbocycles. The van der Waals surface area contributed by atoms with Crippen molar-refractivity contribution in [3.8, 4) is 11.8 Å². The number of hydrogen-bond donors (Lipinski definition) is 4. The van der Waals surface area contributed by atoms with E-state index >= 15 is 0 Å². The standard InChI is InChI=1S/C12H16N4O4/c1-3-7-9(18)13-12(14-10(7)19)16-11(20)8(4-5-17)6(2)15-16/h15,17H,3-5H2,1-2H3,(H2,13,14,18,19). The zero-order valence-corrected chi connectivity index (χ0v) is 11.2. The SMILES string of the molecule is CCc1c(O)nc(-n2[nH]c(C)c(CCO)c2=O)[nH]c1=O. The van der Waals surface area contributed by atoms with E-state index in [0.29, 0.717) is 17.7 Å². The Hall–Kier alpha value is -2.35. The molecule has 0 saturated heterocycles. The van der Waals surface area contributed by atoms with Gasteiger partial charge in [0.25, 0.3) is 11.1 Å². The Morgan fingerprint density at radius 1 is 1.30 bits per heavy atom. The van der Waals surface area contributed by atoms with E-state index in [-0.39, 0.29) is 24.5 Å². The molecule has 2 rings (SSSR count). The summed E-state index contributed by atoms with van der Waals surface area (Å²) in [5.74, 6) is -0.476. The molecule has 0 atom stereocenters. The normalized spacial score (nSPS) is 10.9. The van der Waals surface area contributed by atoms with Crippen molar-refractivity contribution in [2.75, 3.05) is 6.61 Å². The predicted octanol–water partition coefficient (Wildman–Crippen LogP) is -0.640. The molecule has 4 N–H and O–H groups in total. The second kappa shape index (κ2) is 5.33. The van der Waals surface area contributed by atoms with Gasteiger partial charge in [-0.15, -0.1) is 0 Å². The van der Waals surface area contributed by atoms with Gasteiger partial charge in [-0.2, -0.15) is 9.67 Å². The van der Waals surface area contributed by atoms with Crippen LogP contribution in [0.25, 0.3) is 5.95 Å². The fourth-order valence-electron chi connectivity index (χ4n) is 2.04. The van der Waals surface area contributed by atoms with Crippen molar-refractivity contribution in [1.29, 1.82) is 0 Å². The molecule has 8 nitrogen and oxygen atoms in total. The lowest BCUT2D eigenvalue weighted by Crippen LogP contribution is -2.24. The number of aliphatic hydroxyl groups is 1. The number of rotatable bonds is 4. The fourth-order valence-corrected chi connectivity index (χ4v) is 2.04. The molecule has 0 aliphatic heterocycles. The highest BCUT2D eigenvalue weighted by Crippen LogP contribution is 2.10. The first kappa shape index (κ1) is 14.1. The van der Waals surface area contributed by atoms with Crippen molar-refractivity contribution >= 4 is 0 Å². The molecule has 8 heteroatoms. The van der Waals surface area contributed by atoms with Crippen molar-refractivity contribution in [3.63, 3.8) is 0 Å². The highest BCUT2D eigenvalue weighted by molar-refractivity contribution is 5.28. The summed E-state index contributed by atoms with van der Waals surface area (Å²) in [5.41, 5.74) is 0.252. The lowest BCUT2D eigenvalue weighted by atomic mass is 10.2. The summed E-state index contributed by atoms with van der Waals surface area (Å²) in [4.78, 5) is 30.2. The van der Waals surface area contributed by atoms with Crippen molar-refractivity contribution in [2.45, 2.75) is 26.7 Å². The van der Waals surface area contributed by atoms with Crippen LogP contribution in [-0.4, -0.2) is 36.6 Å². The molecule has 108 valence electrons. The number of aromatic hydroxyl groups is 1. The topological polar surface area (TPSA) is 124 Å². The van der Waals surface area contributed by atoms with Gasteiger partial charge in [-0.3, -0.25) is 19.7 Å². The minimum Gasteiger partial charge on any atom is -0.493 e. The summed E-state index contributed by atoms with van der Waals surface area (Å²) >= 11 is 0. The molecule has 0 aliphatic rings. The molecule has 0 unspecified atom stereocenters. The minimum absolute atomic E-state index is 0.0815. The smallest absolute Gasteiger partial charge is 0.277 e. The van der Waals surface area contributed by atoms with Gasteiger partial charge >= 0.3 is 0 Å². The lowest BCUT2D eigenvalue weighted by molar-refractivity contribution is 0.299. The molecule has 0 bridgehead atoms. The van der Waals surface area contributed by atoms with E-state index < -0.39 is 17.0 Å². The second-order valence-corrected chi connectivity index (χ2v) is 4.37. The summed E-state index contributed by atoms with van der Waals surface area (Å²) in [6.45, 7) is 3.25. The first-order chi connectivity index (χ1) is 9.49. The molecule has 2 aromatic rings. The van der Waals surface area contributed by atoms with Crippen LogP contribution in [0, 0.1) is 6.92 Å². The summed E-state index contributed by atoms with van der Waals surface area (Å²) in [7, 11) is 0. The maximum absolute atomic E-state index is 12.1. The summed E-state index contributed by atoms with van der Waals surface area (Å²) in [5, 5.41) is 21.4. The highest BCUT2D eigenvalue weighted by atomic mass is 16.3. The quantitative estimate of drug-likeness (QED) is 0.593. The Bertz CT molecular complexity index is 741. The van der Waals surface area contributed by atoms with Gasteiger partial charge in [0.05, 0.1) is 5.56 Å². The molecule has 0 radical (unpaired) electrons. The lowest BCUT2D eigenvalue weighted by Gasteiger charge is -2.04. The summed E-state index contributed by atoms with van der Waals surface area (Å²) in [6.07, 6.45) is 0.542. The maximum Gasteiger partial charge on any atom is 0.277 e. The number of H-pyrrole nitrogens is 2. The highest BCUT2D eigenvalue weighted by Gasteiger charge is 2.15. The fraction of sp³-hybridized carbons (Fsp3) is 0.417. The van der Waals surface area contributed by atoms with Crippen molar-refractivity contribution < 1.29 is 10.2 Å². The van der Waals surface area contributed by atoms with Crippen LogP contribution in [0.15, 0.2) is 9.59 Å². The number of aromatic nitrogens is 4. The monoisotopic (exact) mass is 280 g/mol. The van der Waals surface area contributed by atoms with Gasteiger partial charge in [0.1, 0.15) is 0 Å². The molecule has 0 aliphatic carbocycles. The van der Waals surface area contributed by atoms with Crippen molar-refractivity contribution in [2.24, 2.45) is 0 Å². The average molecular weight is 280 g/mol. The van der Waals surface area contributed by atoms with Gasteiger partial charge in [-0.05, 0) is 13.3 Å². The minimum atomic E-state index is -0.488. The van der Waals surface area contributed by atoms with E-state index in [0.717, 1.165) is 4.68 Å². The number of aromatic amines is 2. The van der Waals surface area contributed by atoms with Crippen LogP contribution >= 0.6 is 0 Å². The number of hydrogen-bond acceptors (Lipinski definition) is 5. The number of nitrogens with zero attached hydrogens (tertiary/aromatic N) is 2. The average Bonchev–Trinajstić information content (AvgIpc) is 2.67. The zero-order valence-electron chi connectivity index (χ0n) is 11.2. The van der Waals surface area contributed by atoms with Crippen LogP contribution in [-0.2, 0) is 12.8 Å². The number of nitrogens with one attached hydrogen (secondary N) is 2. The van der Waals surface area contributed by atoms with E-state index in [1.807, 2.05) is 0 Å². The van der Waals surface area contributed by atoms with Crippen LogP contribution in [0.5, 0.6) is 5.88 Å². The van der Waals surface area contributed by atoms with Crippen LogP contribution in [0.1, 0.15) is 23.7 Å². The Morgan fingerprint density at radius 2 is 2.00 bits per heavy atom. The Labute approximate surface area is 113 Å². The summed E-state index contributed by atoms with van der Waals surface area (Å²) in [6, 6.07) is 0. The molecule has 2 heterocycles. The van der Waals surface area contributed by atoms with Gasteiger partial charge in [-0.25, -0.2) is 0 Å².